The van der Waals surface area contributed by atoms with Gasteiger partial charge in [-0.05, 0) is 43.6 Å². The SMILES string of the molecule is COCCC1CCOC2(CCN(C(=O)Cc3ccccc3)CC2)C1. The molecule has 2 saturated heterocycles. The second-order valence-corrected chi connectivity index (χ2v) is 7.21. The third kappa shape index (κ3) is 4.37. The lowest BCUT2D eigenvalue weighted by atomic mass is 9.78. The van der Waals surface area contributed by atoms with E-state index >= 15 is 0 Å². The summed E-state index contributed by atoms with van der Waals surface area (Å²) in [5.41, 5.74) is 1.09. The highest BCUT2D eigenvalue weighted by molar-refractivity contribution is 5.78. The van der Waals surface area contributed by atoms with Crippen molar-refractivity contribution in [2.24, 2.45) is 5.92 Å². The van der Waals surface area contributed by atoms with Crippen molar-refractivity contribution in [2.75, 3.05) is 33.4 Å². The summed E-state index contributed by atoms with van der Waals surface area (Å²) >= 11 is 0. The Hall–Kier alpha value is -1.39. The highest BCUT2D eigenvalue weighted by Gasteiger charge is 2.40. The van der Waals surface area contributed by atoms with E-state index in [1.54, 1.807) is 7.11 Å². The van der Waals surface area contributed by atoms with Gasteiger partial charge in [-0.1, -0.05) is 30.3 Å². The third-order valence-electron chi connectivity index (χ3n) is 5.55. The second-order valence-electron chi connectivity index (χ2n) is 7.21. The molecule has 1 unspecified atom stereocenters. The Morgan fingerprint density at radius 2 is 2.04 bits per heavy atom. The van der Waals surface area contributed by atoms with Gasteiger partial charge in [-0.15, -0.1) is 0 Å². The van der Waals surface area contributed by atoms with Crippen LogP contribution in [0, 0.1) is 5.92 Å². The topological polar surface area (TPSA) is 38.8 Å². The van der Waals surface area contributed by atoms with E-state index in [1.165, 1.54) is 0 Å². The molecule has 0 saturated carbocycles. The lowest BCUT2D eigenvalue weighted by Crippen LogP contribution is -2.51. The Balaban J connectivity index is 1.50. The van der Waals surface area contributed by atoms with Crippen molar-refractivity contribution in [3.05, 3.63) is 35.9 Å². The van der Waals surface area contributed by atoms with Gasteiger partial charge in [-0.3, -0.25) is 4.79 Å². The van der Waals surface area contributed by atoms with Gasteiger partial charge in [0.05, 0.1) is 12.0 Å². The molecule has 2 aliphatic rings. The van der Waals surface area contributed by atoms with Crippen LogP contribution in [0.15, 0.2) is 30.3 Å². The first-order valence-corrected chi connectivity index (χ1v) is 9.15. The predicted molar refractivity (Wildman–Crippen MR) is 93.9 cm³/mol. The number of nitrogens with zero attached hydrogens (tertiary/aromatic N) is 1. The number of ether oxygens (including phenoxy) is 2. The summed E-state index contributed by atoms with van der Waals surface area (Å²) < 4.78 is 11.4. The zero-order valence-corrected chi connectivity index (χ0v) is 14.7. The Morgan fingerprint density at radius 3 is 2.75 bits per heavy atom. The van der Waals surface area contributed by atoms with E-state index in [1.807, 2.05) is 35.2 Å². The summed E-state index contributed by atoms with van der Waals surface area (Å²) in [4.78, 5) is 14.5. The van der Waals surface area contributed by atoms with E-state index in [2.05, 4.69) is 0 Å². The molecule has 1 amide bonds. The zero-order valence-electron chi connectivity index (χ0n) is 14.7. The fourth-order valence-corrected chi connectivity index (χ4v) is 4.05. The van der Waals surface area contributed by atoms with Crippen molar-refractivity contribution in [1.29, 1.82) is 0 Å². The Kier molecular flexibility index (Phi) is 5.90. The highest BCUT2D eigenvalue weighted by Crippen LogP contribution is 2.38. The average molecular weight is 331 g/mol. The minimum absolute atomic E-state index is 0.000184. The molecule has 2 aliphatic heterocycles. The number of hydrogen-bond acceptors (Lipinski definition) is 3. The van der Waals surface area contributed by atoms with E-state index in [4.69, 9.17) is 9.47 Å². The van der Waals surface area contributed by atoms with Crippen LogP contribution in [-0.4, -0.2) is 49.8 Å². The first-order chi connectivity index (χ1) is 11.7. The first-order valence-electron chi connectivity index (χ1n) is 9.15. The molecule has 0 aliphatic carbocycles. The Morgan fingerprint density at radius 1 is 1.29 bits per heavy atom. The van der Waals surface area contributed by atoms with E-state index in [9.17, 15) is 4.79 Å². The van der Waals surface area contributed by atoms with Crippen LogP contribution in [0.3, 0.4) is 0 Å². The number of benzene rings is 1. The van der Waals surface area contributed by atoms with Crippen LogP contribution in [0.25, 0.3) is 0 Å². The summed E-state index contributed by atoms with van der Waals surface area (Å²) in [7, 11) is 1.77. The molecule has 0 N–H and O–H groups in total. The van der Waals surface area contributed by atoms with Crippen molar-refractivity contribution in [3.8, 4) is 0 Å². The lowest BCUT2D eigenvalue weighted by molar-refractivity contribution is -0.147. The molecule has 0 radical (unpaired) electrons. The molecule has 1 aromatic carbocycles. The van der Waals surface area contributed by atoms with Crippen LogP contribution in [0.5, 0.6) is 0 Å². The fourth-order valence-electron chi connectivity index (χ4n) is 4.05. The molecule has 2 fully saturated rings. The van der Waals surface area contributed by atoms with Crippen molar-refractivity contribution >= 4 is 5.91 Å². The van der Waals surface area contributed by atoms with E-state index in [0.717, 1.165) is 64.0 Å². The van der Waals surface area contributed by atoms with E-state index < -0.39 is 0 Å². The van der Waals surface area contributed by atoms with Crippen LogP contribution in [0.2, 0.25) is 0 Å². The quantitative estimate of drug-likeness (QED) is 0.832. The summed E-state index contributed by atoms with van der Waals surface area (Å²) in [6, 6.07) is 10.0. The molecule has 4 heteroatoms. The maximum absolute atomic E-state index is 12.5. The predicted octanol–water partition coefficient (Wildman–Crippen LogP) is 3.05. The van der Waals surface area contributed by atoms with Gasteiger partial charge in [-0.25, -0.2) is 0 Å². The van der Waals surface area contributed by atoms with E-state index in [0.29, 0.717) is 12.3 Å². The maximum Gasteiger partial charge on any atom is 0.226 e. The first kappa shape index (κ1) is 17.4. The fraction of sp³-hybridized carbons (Fsp3) is 0.650. The summed E-state index contributed by atoms with van der Waals surface area (Å²) in [5, 5.41) is 0. The number of amides is 1. The molecule has 4 nitrogen and oxygen atoms in total. The molecule has 132 valence electrons. The smallest absolute Gasteiger partial charge is 0.226 e. The monoisotopic (exact) mass is 331 g/mol. The zero-order chi connectivity index (χ0) is 16.8. The maximum atomic E-state index is 12.5. The molecule has 2 heterocycles. The number of rotatable bonds is 5. The number of methoxy groups -OCH3 is 1. The average Bonchev–Trinajstić information content (AvgIpc) is 2.61. The molecule has 1 atom stereocenters. The number of piperidine rings is 1. The van der Waals surface area contributed by atoms with Crippen LogP contribution >= 0.6 is 0 Å². The van der Waals surface area contributed by atoms with Crippen molar-refractivity contribution in [3.63, 3.8) is 0 Å². The van der Waals surface area contributed by atoms with Gasteiger partial charge in [-0.2, -0.15) is 0 Å². The number of likely N-dealkylation sites (tertiary alicyclic amines) is 1. The standard InChI is InChI=1S/C20H29NO3/c1-23-13-7-18-8-14-24-20(16-18)9-11-21(12-10-20)19(22)15-17-5-3-2-4-6-17/h2-6,18H,7-16H2,1H3. The van der Waals surface area contributed by atoms with Crippen LogP contribution in [0.4, 0.5) is 0 Å². The molecular formula is C20H29NO3. The minimum atomic E-state index is 0.000184. The minimum Gasteiger partial charge on any atom is -0.385 e. The van der Waals surface area contributed by atoms with Crippen molar-refractivity contribution in [1.82, 2.24) is 4.90 Å². The van der Waals surface area contributed by atoms with Gasteiger partial charge >= 0.3 is 0 Å². The van der Waals surface area contributed by atoms with Gasteiger partial charge < -0.3 is 14.4 Å². The van der Waals surface area contributed by atoms with Crippen molar-refractivity contribution in [2.45, 2.75) is 44.1 Å². The van der Waals surface area contributed by atoms with Crippen LogP contribution in [-0.2, 0) is 20.7 Å². The van der Waals surface area contributed by atoms with Crippen molar-refractivity contribution < 1.29 is 14.3 Å². The highest BCUT2D eigenvalue weighted by atomic mass is 16.5. The molecule has 1 spiro atoms. The number of carbonyl (C=O) groups excluding carboxylic acids is 1. The number of carbonyl (C=O) groups is 1. The summed E-state index contributed by atoms with van der Waals surface area (Å²) in [5.74, 6) is 0.938. The van der Waals surface area contributed by atoms with Gasteiger partial charge in [0.2, 0.25) is 5.91 Å². The van der Waals surface area contributed by atoms with Crippen LogP contribution < -0.4 is 0 Å². The number of hydrogen-bond donors (Lipinski definition) is 0. The Bertz CT molecular complexity index is 523. The summed E-state index contributed by atoms with van der Waals surface area (Å²) in [6.45, 7) is 3.33. The second kappa shape index (κ2) is 8.13. The van der Waals surface area contributed by atoms with Gasteiger partial charge in [0.1, 0.15) is 0 Å². The normalized spacial score (nSPS) is 23.4. The largest absolute Gasteiger partial charge is 0.385 e. The van der Waals surface area contributed by atoms with Gasteiger partial charge in [0.25, 0.3) is 0 Å². The van der Waals surface area contributed by atoms with Gasteiger partial charge in [0.15, 0.2) is 0 Å². The molecule has 3 rings (SSSR count). The molecular weight excluding hydrogens is 302 g/mol. The third-order valence-corrected chi connectivity index (χ3v) is 5.55. The molecule has 24 heavy (non-hydrogen) atoms. The molecule has 0 aromatic heterocycles. The van der Waals surface area contributed by atoms with E-state index in [-0.39, 0.29) is 11.5 Å². The lowest BCUT2D eigenvalue weighted by Gasteiger charge is -2.46. The molecule has 0 bridgehead atoms. The summed E-state index contributed by atoms with van der Waals surface area (Å²) in [6.07, 6.45) is 5.83. The Labute approximate surface area is 145 Å². The molecule has 1 aromatic rings. The van der Waals surface area contributed by atoms with Crippen LogP contribution in [0.1, 0.15) is 37.7 Å². The van der Waals surface area contributed by atoms with Gasteiger partial charge in [0, 0.05) is 33.4 Å².